The lowest BCUT2D eigenvalue weighted by molar-refractivity contribution is -0.292. The third-order valence-corrected chi connectivity index (χ3v) is 3.46. The summed E-state index contributed by atoms with van der Waals surface area (Å²) in [5.41, 5.74) is 0. The summed E-state index contributed by atoms with van der Waals surface area (Å²) in [4.78, 5) is 0.0353. The van der Waals surface area contributed by atoms with E-state index in [0.29, 0.717) is 6.42 Å². The highest BCUT2D eigenvalue weighted by atomic mass is 32.1. The molecule has 1 rings (SSSR count). The second kappa shape index (κ2) is 6.13. The van der Waals surface area contributed by atoms with Gasteiger partial charge in [-0.05, 0) is 24.4 Å². The molecule has 19 heavy (non-hydrogen) atoms. The topological polar surface area (TPSA) is 12.0 Å². The average Bonchev–Trinajstić information content (AvgIpc) is 2.73. The third kappa shape index (κ3) is 4.38. The molecule has 1 heterocycles. The molecule has 0 aliphatic heterocycles. The summed E-state index contributed by atoms with van der Waals surface area (Å²) in [7, 11) is 0. The van der Waals surface area contributed by atoms with E-state index in [-0.39, 0.29) is 11.4 Å². The van der Waals surface area contributed by atoms with Crippen molar-refractivity contribution in [3.05, 3.63) is 22.4 Å². The Labute approximate surface area is 110 Å². The first-order valence-corrected chi connectivity index (χ1v) is 6.46. The van der Waals surface area contributed by atoms with Crippen LogP contribution >= 0.6 is 11.3 Å². The summed E-state index contributed by atoms with van der Waals surface area (Å²) < 4.78 is 76.4. The van der Waals surface area contributed by atoms with Crippen molar-refractivity contribution in [1.29, 1.82) is 0 Å². The molecule has 0 aromatic carbocycles. The van der Waals surface area contributed by atoms with Gasteiger partial charge in [0.15, 0.2) is 5.92 Å². The maximum Gasteiger partial charge on any atom is 0.402 e. The van der Waals surface area contributed by atoms with E-state index in [1.54, 1.807) is 6.92 Å². The van der Waals surface area contributed by atoms with Crippen molar-refractivity contribution in [3.63, 3.8) is 0 Å². The van der Waals surface area contributed by atoms with Gasteiger partial charge in [0.2, 0.25) is 0 Å². The maximum absolute atomic E-state index is 12.7. The smallest absolute Gasteiger partial charge is 0.308 e. The van der Waals surface area contributed by atoms with Gasteiger partial charge in [-0.2, -0.15) is 26.3 Å². The highest BCUT2D eigenvalue weighted by Gasteiger charge is 2.60. The van der Waals surface area contributed by atoms with Gasteiger partial charge in [0.25, 0.3) is 0 Å². The monoisotopic (exact) mass is 305 g/mol. The molecule has 1 N–H and O–H groups in total. The van der Waals surface area contributed by atoms with E-state index in [1.807, 2.05) is 0 Å². The molecule has 1 nitrogen and oxygen atoms in total. The van der Waals surface area contributed by atoms with E-state index >= 15 is 0 Å². The molecule has 1 unspecified atom stereocenters. The summed E-state index contributed by atoms with van der Waals surface area (Å²) in [5.74, 6) is -3.40. The summed E-state index contributed by atoms with van der Waals surface area (Å²) >= 11 is 0.880. The lowest BCUT2D eigenvalue weighted by atomic mass is 9.96. The minimum absolute atomic E-state index is 0.0353. The number of alkyl halides is 6. The molecule has 110 valence electrons. The van der Waals surface area contributed by atoms with E-state index in [9.17, 15) is 26.3 Å². The van der Waals surface area contributed by atoms with Gasteiger partial charge in [-0.15, -0.1) is 11.3 Å². The van der Waals surface area contributed by atoms with Crippen LogP contribution in [0.15, 0.2) is 17.5 Å². The quantitative estimate of drug-likeness (QED) is 0.788. The molecule has 0 spiro atoms. The first-order valence-electron chi connectivity index (χ1n) is 5.58. The molecule has 0 saturated carbocycles. The van der Waals surface area contributed by atoms with Crippen LogP contribution in [0.5, 0.6) is 0 Å². The van der Waals surface area contributed by atoms with Gasteiger partial charge in [-0.3, -0.25) is 0 Å². The standard InChI is InChI=1S/C11H13F6NS/c1-2-5-18-8(7-4-3-6-19-7)9(10(12,13)14)11(15,16)17/h3-4,6,8-9,18H,2,5H2,1H3. The SMILES string of the molecule is CCCNC(c1cccs1)C(C(F)(F)F)C(F)(F)F. The van der Waals surface area contributed by atoms with Gasteiger partial charge in [-0.25, -0.2) is 0 Å². The Kier molecular flexibility index (Phi) is 5.26. The Balaban J connectivity index is 3.11. The predicted molar refractivity (Wildman–Crippen MR) is 61.0 cm³/mol. The third-order valence-electron chi connectivity index (χ3n) is 2.50. The Hall–Kier alpha value is -0.760. The number of thiophene rings is 1. The molecule has 1 aromatic heterocycles. The Morgan fingerprint density at radius 3 is 2.11 bits per heavy atom. The summed E-state index contributed by atoms with van der Waals surface area (Å²) in [6.07, 6.45) is -10.2. The highest BCUT2D eigenvalue weighted by Crippen LogP contribution is 2.47. The molecule has 0 aliphatic rings. The largest absolute Gasteiger partial charge is 0.402 e. The molecule has 0 bridgehead atoms. The van der Waals surface area contributed by atoms with Crippen LogP contribution in [0.3, 0.4) is 0 Å². The van der Waals surface area contributed by atoms with Crippen LogP contribution in [0.1, 0.15) is 24.3 Å². The Morgan fingerprint density at radius 2 is 1.74 bits per heavy atom. The molecule has 1 aromatic rings. The van der Waals surface area contributed by atoms with Crippen molar-refractivity contribution >= 4 is 11.3 Å². The molecule has 0 saturated heterocycles. The fourth-order valence-corrected chi connectivity index (χ4v) is 2.55. The summed E-state index contributed by atoms with van der Waals surface area (Å²) in [6, 6.07) is 0.923. The molecular weight excluding hydrogens is 292 g/mol. The first-order chi connectivity index (χ1) is 8.68. The zero-order valence-electron chi connectivity index (χ0n) is 9.98. The van der Waals surface area contributed by atoms with E-state index in [4.69, 9.17) is 0 Å². The zero-order chi connectivity index (χ0) is 14.7. The normalized spacial score (nSPS) is 14.9. The highest BCUT2D eigenvalue weighted by molar-refractivity contribution is 7.10. The average molecular weight is 305 g/mol. The van der Waals surface area contributed by atoms with Crippen molar-refractivity contribution in [1.82, 2.24) is 5.32 Å². The number of rotatable bonds is 5. The van der Waals surface area contributed by atoms with Crippen molar-refractivity contribution in [2.75, 3.05) is 6.54 Å². The predicted octanol–water partition coefficient (Wildman–Crippen LogP) is 4.53. The molecule has 0 aliphatic carbocycles. The van der Waals surface area contributed by atoms with E-state index in [1.165, 1.54) is 17.5 Å². The molecule has 0 radical (unpaired) electrons. The van der Waals surface area contributed by atoms with Gasteiger partial charge in [0.05, 0.1) is 6.04 Å². The van der Waals surface area contributed by atoms with Crippen LogP contribution in [-0.2, 0) is 0 Å². The Morgan fingerprint density at radius 1 is 1.16 bits per heavy atom. The van der Waals surface area contributed by atoms with Crippen LogP contribution in [0.25, 0.3) is 0 Å². The van der Waals surface area contributed by atoms with E-state index < -0.39 is 24.3 Å². The van der Waals surface area contributed by atoms with Gasteiger partial charge >= 0.3 is 12.4 Å². The van der Waals surface area contributed by atoms with Gasteiger partial charge in [0, 0.05) is 4.88 Å². The lowest BCUT2D eigenvalue weighted by Crippen LogP contribution is -2.45. The van der Waals surface area contributed by atoms with Crippen LogP contribution in [0.2, 0.25) is 0 Å². The number of nitrogens with one attached hydrogen (secondary N) is 1. The molecule has 1 atom stereocenters. The minimum Gasteiger partial charge on any atom is -0.308 e. The number of hydrogen-bond acceptors (Lipinski definition) is 2. The maximum atomic E-state index is 12.7. The fourth-order valence-electron chi connectivity index (χ4n) is 1.71. The summed E-state index contributed by atoms with van der Waals surface area (Å²) in [5, 5.41) is 3.81. The fraction of sp³-hybridized carbons (Fsp3) is 0.636. The van der Waals surface area contributed by atoms with Crippen molar-refractivity contribution in [2.24, 2.45) is 5.92 Å². The molecular formula is C11H13F6NS. The van der Waals surface area contributed by atoms with Crippen LogP contribution in [0.4, 0.5) is 26.3 Å². The van der Waals surface area contributed by atoms with E-state index in [0.717, 1.165) is 11.3 Å². The molecule has 0 fully saturated rings. The Bertz CT molecular complexity index is 356. The molecule has 8 heteroatoms. The second-order valence-corrected chi connectivity index (χ2v) is 4.99. The second-order valence-electron chi connectivity index (χ2n) is 4.01. The van der Waals surface area contributed by atoms with Crippen LogP contribution < -0.4 is 5.32 Å². The summed E-state index contributed by atoms with van der Waals surface area (Å²) in [6.45, 7) is 1.76. The van der Waals surface area contributed by atoms with Crippen molar-refractivity contribution in [3.8, 4) is 0 Å². The van der Waals surface area contributed by atoms with Gasteiger partial charge < -0.3 is 5.32 Å². The van der Waals surface area contributed by atoms with Crippen LogP contribution in [0, 0.1) is 5.92 Å². The van der Waals surface area contributed by atoms with Crippen molar-refractivity contribution in [2.45, 2.75) is 31.7 Å². The van der Waals surface area contributed by atoms with Gasteiger partial charge in [-0.1, -0.05) is 13.0 Å². The lowest BCUT2D eigenvalue weighted by Gasteiger charge is -2.30. The number of hydrogen-bond donors (Lipinski definition) is 1. The zero-order valence-corrected chi connectivity index (χ0v) is 10.8. The minimum atomic E-state index is -5.34. The van der Waals surface area contributed by atoms with Crippen molar-refractivity contribution < 1.29 is 26.3 Å². The first kappa shape index (κ1) is 16.3. The molecule has 0 amide bonds. The van der Waals surface area contributed by atoms with Gasteiger partial charge in [0.1, 0.15) is 0 Å². The van der Waals surface area contributed by atoms with E-state index in [2.05, 4.69) is 5.32 Å². The number of halogens is 6. The van der Waals surface area contributed by atoms with Crippen LogP contribution in [-0.4, -0.2) is 18.9 Å².